The van der Waals surface area contributed by atoms with Gasteiger partial charge in [-0.2, -0.15) is 0 Å². The minimum Gasteiger partial charge on any atom is -0.463 e. The van der Waals surface area contributed by atoms with E-state index in [0.29, 0.717) is 9.99 Å². The number of aliphatic hydroxyl groups is 1. The second-order valence-electron chi connectivity index (χ2n) is 9.25. The van der Waals surface area contributed by atoms with E-state index in [2.05, 4.69) is 11.9 Å². The van der Waals surface area contributed by atoms with Crippen LogP contribution in [0.25, 0.3) is 0 Å². The Balaban J connectivity index is 1.51. The number of esters is 1. The van der Waals surface area contributed by atoms with Gasteiger partial charge in [0, 0.05) is 19.0 Å². The molecule has 0 unspecified atom stereocenters. The van der Waals surface area contributed by atoms with Gasteiger partial charge < -0.3 is 14.6 Å². The molecule has 0 aromatic carbocycles. The summed E-state index contributed by atoms with van der Waals surface area (Å²) < 4.78 is 12.6. The quantitative estimate of drug-likeness (QED) is 0.153. The van der Waals surface area contributed by atoms with Crippen LogP contribution in [0, 0.1) is 3.57 Å². The molecule has 1 fully saturated rings. The molecule has 2 rings (SSSR count). The van der Waals surface area contributed by atoms with Crippen LogP contribution in [0.2, 0.25) is 0 Å². The number of hydrogen-bond acceptors (Lipinski definition) is 6. The van der Waals surface area contributed by atoms with Crippen LogP contribution in [0.1, 0.15) is 109 Å². The van der Waals surface area contributed by atoms with Crippen molar-refractivity contribution in [2.45, 2.75) is 122 Å². The lowest BCUT2D eigenvalue weighted by Gasteiger charge is -2.16. The number of hydrogen-bond donors (Lipinski definition) is 2. The van der Waals surface area contributed by atoms with Crippen molar-refractivity contribution in [2.24, 2.45) is 0 Å². The third-order valence-corrected chi connectivity index (χ3v) is 7.10. The molecule has 1 aliphatic rings. The number of nitrogens with one attached hydrogen (secondary N) is 1. The van der Waals surface area contributed by atoms with Gasteiger partial charge in [-0.15, -0.1) is 0 Å². The average molecular weight is 593 g/mol. The smallest absolute Gasteiger partial charge is 0.330 e. The number of aromatic nitrogens is 2. The SMILES string of the molecule is CCCCCCCCCCCCCCCC(=O)OC[C@H]1O[C@@H](n2cc(I)c(=O)[nH]c2=O)C[C@@H]1O. The maximum atomic E-state index is 12.0. The van der Waals surface area contributed by atoms with Gasteiger partial charge in [-0.05, 0) is 29.0 Å². The zero-order valence-electron chi connectivity index (χ0n) is 20.4. The highest BCUT2D eigenvalue weighted by molar-refractivity contribution is 14.1. The maximum absolute atomic E-state index is 12.0. The number of unbranched alkanes of at least 4 members (excludes halogenated alkanes) is 12. The van der Waals surface area contributed by atoms with Gasteiger partial charge in [0.25, 0.3) is 5.56 Å². The highest BCUT2D eigenvalue weighted by Gasteiger charge is 2.36. The van der Waals surface area contributed by atoms with E-state index in [1.54, 1.807) is 0 Å². The minimum absolute atomic E-state index is 0.0514. The molecule has 0 aliphatic carbocycles. The summed E-state index contributed by atoms with van der Waals surface area (Å²) in [5.41, 5.74) is -1.05. The normalized spacial score (nSPS) is 20.0. The molecule has 0 bridgehead atoms. The lowest BCUT2D eigenvalue weighted by Crippen LogP contribution is -2.33. The van der Waals surface area contributed by atoms with Crippen LogP contribution in [-0.2, 0) is 14.3 Å². The molecule has 1 aliphatic heterocycles. The van der Waals surface area contributed by atoms with Gasteiger partial charge in [-0.25, -0.2) is 4.79 Å². The lowest BCUT2D eigenvalue weighted by molar-refractivity contribution is -0.150. The van der Waals surface area contributed by atoms with Crippen molar-refractivity contribution in [3.8, 4) is 0 Å². The zero-order chi connectivity index (χ0) is 24.8. The monoisotopic (exact) mass is 592 g/mol. The van der Waals surface area contributed by atoms with E-state index in [-0.39, 0.29) is 19.0 Å². The third-order valence-electron chi connectivity index (χ3n) is 6.33. The Labute approximate surface area is 216 Å². The summed E-state index contributed by atoms with van der Waals surface area (Å²) in [7, 11) is 0. The highest BCUT2D eigenvalue weighted by atomic mass is 127. The van der Waals surface area contributed by atoms with Crippen LogP contribution in [0.15, 0.2) is 15.8 Å². The predicted octanol–water partition coefficient (Wildman–Crippen LogP) is 4.81. The predicted molar refractivity (Wildman–Crippen MR) is 140 cm³/mol. The molecule has 34 heavy (non-hydrogen) atoms. The van der Waals surface area contributed by atoms with Gasteiger partial charge in [0.15, 0.2) is 0 Å². The molecule has 0 saturated carbocycles. The van der Waals surface area contributed by atoms with Gasteiger partial charge in [0.05, 0.1) is 9.67 Å². The Bertz CT molecular complexity index is 839. The molecule has 194 valence electrons. The van der Waals surface area contributed by atoms with E-state index in [1.807, 2.05) is 22.6 Å². The number of H-pyrrole nitrogens is 1. The molecule has 1 aromatic heterocycles. The van der Waals surface area contributed by atoms with Crippen LogP contribution in [0.5, 0.6) is 0 Å². The second-order valence-corrected chi connectivity index (χ2v) is 10.4. The Morgan fingerprint density at radius 1 is 1.06 bits per heavy atom. The van der Waals surface area contributed by atoms with E-state index >= 15 is 0 Å². The maximum Gasteiger partial charge on any atom is 0.330 e. The lowest BCUT2D eigenvalue weighted by atomic mass is 10.0. The molecule has 1 saturated heterocycles. The fourth-order valence-corrected chi connectivity index (χ4v) is 4.68. The fraction of sp³-hybridized carbons (Fsp3) is 0.800. The fourth-order valence-electron chi connectivity index (χ4n) is 4.24. The van der Waals surface area contributed by atoms with Gasteiger partial charge in [-0.3, -0.25) is 19.1 Å². The molecule has 0 amide bonds. The van der Waals surface area contributed by atoms with E-state index in [9.17, 15) is 19.5 Å². The van der Waals surface area contributed by atoms with Crippen molar-refractivity contribution in [3.63, 3.8) is 0 Å². The van der Waals surface area contributed by atoms with Crippen molar-refractivity contribution >= 4 is 28.6 Å². The van der Waals surface area contributed by atoms with Crippen LogP contribution < -0.4 is 11.2 Å². The summed E-state index contributed by atoms with van der Waals surface area (Å²) >= 11 is 1.83. The van der Waals surface area contributed by atoms with Crippen molar-refractivity contribution in [3.05, 3.63) is 30.6 Å². The highest BCUT2D eigenvalue weighted by Crippen LogP contribution is 2.28. The third kappa shape index (κ3) is 10.6. The van der Waals surface area contributed by atoms with Crippen molar-refractivity contribution < 1.29 is 19.4 Å². The number of ether oxygens (including phenoxy) is 2. The summed E-state index contributed by atoms with van der Waals surface area (Å²) in [6.45, 7) is 2.20. The van der Waals surface area contributed by atoms with Gasteiger partial charge >= 0.3 is 11.7 Å². The Morgan fingerprint density at radius 3 is 2.21 bits per heavy atom. The average Bonchev–Trinajstić information content (AvgIpc) is 3.18. The molecule has 3 atom stereocenters. The first-order valence-corrected chi connectivity index (χ1v) is 14.0. The molecule has 2 heterocycles. The van der Waals surface area contributed by atoms with E-state index in [0.717, 1.165) is 19.3 Å². The van der Waals surface area contributed by atoms with Crippen LogP contribution in [-0.4, -0.2) is 39.4 Å². The summed E-state index contributed by atoms with van der Waals surface area (Å²) in [5.74, 6) is -0.293. The number of rotatable bonds is 17. The first-order chi connectivity index (χ1) is 16.4. The Hall–Kier alpha value is -1.20. The molecule has 8 nitrogen and oxygen atoms in total. The van der Waals surface area contributed by atoms with Crippen molar-refractivity contribution in [1.82, 2.24) is 9.55 Å². The summed E-state index contributed by atoms with van der Waals surface area (Å²) in [6.07, 6.45) is 16.0. The number of aromatic amines is 1. The molecule has 2 N–H and O–H groups in total. The standard InChI is InChI=1S/C25H41IN2O6/c1-2-3-4-5-6-7-8-9-10-11-12-13-14-15-23(30)33-18-21-20(29)16-22(34-21)28-17-19(26)24(31)27-25(28)32/h17,20-22,29H,2-16,18H2,1H3,(H,27,31,32)/t20-,21+,22+/m0/s1. The summed E-state index contributed by atoms with van der Waals surface area (Å²) in [4.78, 5) is 37.8. The molecule has 0 spiro atoms. The molecule has 9 heteroatoms. The van der Waals surface area contributed by atoms with Gasteiger partial charge in [-0.1, -0.05) is 84.0 Å². The number of carbonyl (C=O) groups excluding carboxylic acids is 1. The van der Waals surface area contributed by atoms with Crippen LogP contribution >= 0.6 is 22.6 Å². The summed E-state index contributed by atoms with van der Waals surface area (Å²) in [5, 5.41) is 10.2. The van der Waals surface area contributed by atoms with Crippen LogP contribution in [0.4, 0.5) is 0 Å². The largest absolute Gasteiger partial charge is 0.463 e. The van der Waals surface area contributed by atoms with E-state index in [1.165, 1.54) is 75.0 Å². The first-order valence-electron chi connectivity index (χ1n) is 12.9. The second kappa shape index (κ2) is 16.5. The number of nitrogens with zero attached hydrogens (tertiary/aromatic N) is 1. The minimum atomic E-state index is -0.856. The van der Waals surface area contributed by atoms with E-state index in [4.69, 9.17) is 9.47 Å². The number of carbonyl (C=O) groups is 1. The molecule has 0 radical (unpaired) electrons. The van der Waals surface area contributed by atoms with Gasteiger partial charge in [0.2, 0.25) is 0 Å². The topological polar surface area (TPSA) is 111 Å². The van der Waals surface area contributed by atoms with Gasteiger partial charge in [0.1, 0.15) is 18.9 Å². The zero-order valence-corrected chi connectivity index (χ0v) is 22.6. The van der Waals surface area contributed by atoms with Crippen molar-refractivity contribution in [2.75, 3.05) is 6.61 Å². The van der Waals surface area contributed by atoms with Crippen LogP contribution in [0.3, 0.4) is 0 Å². The van der Waals surface area contributed by atoms with Crippen molar-refractivity contribution in [1.29, 1.82) is 0 Å². The Morgan fingerprint density at radius 2 is 1.62 bits per heavy atom. The summed E-state index contributed by atoms with van der Waals surface area (Å²) in [6, 6.07) is 0. The van der Waals surface area contributed by atoms with E-state index < -0.39 is 29.7 Å². The number of halogens is 1. The number of aliphatic hydroxyl groups excluding tert-OH is 1. The molecular weight excluding hydrogens is 551 g/mol. The first kappa shape index (κ1) is 29.0. The Kier molecular flexibility index (Phi) is 14.1. The molecular formula is C25H41IN2O6. The molecule has 1 aromatic rings.